The van der Waals surface area contributed by atoms with Gasteiger partial charge in [-0.15, -0.1) is 24.0 Å². The number of hydrogen-bond acceptors (Lipinski definition) is 2. The Morgan fingerprint density at radius 3 is 2.86 bits per heavy atom. The minimum absolute atomic E-state index is 0. The highest BCUT2D eigenvalue weighted by molar-refractivity contribution is 14.0. The summed E-state index contributed by atoms with van der Waals surface area (Å²) in [7, 11) is 0. The first-order valence-electron chi connectivity index (χ1n) is 7.61. The Balaban J connectivity index is 0.00000161. The molecule has 1 fully saturated rings. The lowest BCUT2D eigenvalue weighted by Gasteiger charge is -2.27. The lowest BCUT2D eigenvalue weighted by atomic mass is 9.83. The SMILES string of the molecule is I.NC(=NCCC1CCC1)NC1CCOc2ccccc21. The zero-order chi connectivity index (χ0) is 13.8. The summed E-state index contributed by atoms with van der Waals surface area (Å²) in [6.45, 7) is 1.57. The van der Waals surface area contributed by atoms with Crippen molar-refractivity contribution < 1.29 is 4.74 Å². The third-order valence-corrected chi connectivity index (χ3v) is 4.32. The zero-order valence-corrected chi connectivity index (χ0v) is 14.6. The van der Waals surface area contributed by atoms with Gasteiger partial charge in [0.1, 0.15) is 5.75 Å². The molecule has 1 aromatic rings. The van der Waals surface area contributed by atoms with E-state index in [2.05, 4.69) is 16.4 Å². The molecule has 0 aromatic heterocycles. The van der Waals surface area contributed by atoms with Gasteiger partial charge in [-0.3, -0.25) is 4.99 Å². The molecule has 1 heterocycles. The predicted molar refractivity (Wildman–Crippen MR) is 96.3 cm³/mol. The summed E-state index contributed by atoms with van der Waals surface area (Å²) >= 11 is 0. The topological polar surface area (TPSA) is 59.6 Å². The van der Waals surface area contributed by atoms with Crippen molar-refractivity contribution in [1.82, 2.24) is 5.32 Å². The van der Waals surface area contributed by atoms with Crippen molar-refractivity contribution in [3.63, 3.8) is 0 Å². The molecule has 116 valence electrons. The van der Waals surface area contributed by atoms with Crippen LogP contribution in [0.25, 0.3) is 0 Å². The van der Waals surface area contributed by atoms with Gasteiger partial charge in [-0.05, 0) is 18.4 Å². The van der Waals surface area contributed by atoms with E-state index in [1.165, 1.54) is 31.2 Å². The first-order valence-corrected chi connectivity index (χ1v) is 7.61. The minimum atomic E-state index is 0. The Labute approximate surface area is 143 Å². The Morgan fingerprint density at radius 1 is 1.29 bits per heavy atom. The van der Waals surface area contributed by atoms with Gasteiger partial charge in [0.2, 0.25) is 0 Å². The van der Waals surface area contributed by atoms with Gasteiger partial charge >= 0.3 is 0 Å². The predicted octanol–water partition coefficient (Wildman–Crippen LogP) is 3.22. The number of fused-ring (bicyclic) bond motifs is 1. The van der Waals surface area contributed by atoms with Crippen LogP contribution < -0.4 is 15.8 Å². The number of halogens is 1. The van der Waals surface area contributed by atoms with E-state index in [-0.39, 0.29) is 30.0 Å². The molecule has 4 nitrogen and oxygen atoms in total. The van der Waals surface area contributed by atoms with E-state index in [0.717, 1.165) is 31.2 Å². The fraction of sp³-hybridized carbons (Fsp3) is 0.562. The second-order valence-electron chi connectivity index (χ2n) is 5.72. The standard InChI is InChI=1S/C16H23N3O.HI/c17-16(18-10-8-12-4-3-5-12)19-14-9-11-20-15-7-2-1-6-13(14)15;/h1-2,6-7,12,14H,3-5,8-11H2,(H3,17,18,19);1H. The lowest BCUT2D eigenvalue weighted by molar-refractivity contribution is 0.262. The van der Waals surface area contributed by atoms with Gasteiger partial charge in [0.05, 0.1) is 12.6 Å². The van der Waals surface area contributed by atoms with Crippen LogP contribution in [0.15, 0.2) is 29.3 Å². The quantitative estimate of drug-likeness (QED) is 0.463. The van der Waals surface area contributed by atoms with E-state index in [4.69, 9.17) is 10.5 Å². The molecule has 1 unspecified atom stereocenters. The Hall–Kier alpha value is -0.980. The molecule has 1 aliphatic heterocycles. The van der Waals surface area contributed by atoms with Crippen LogP contribution in [0.3, 0.4) is 0 Å². The summed E-state index contributed by atoms with van der Waals surface area (Å²) in [5.41, 5.74) is 7.18. The highest BCUT2D eigenvalue weighted by atomic mass is 127. The maximum Gasteiger partial charge on any atom is 0.189 e. The maximum absolute atomic E-state index is 6.01. The highest BCUT2D eigenvalue weighted by Gasteiger charge is 2.21. The Kier molecular flexibility index (Phi) is 6.14. The van der Waals surface area contributed by atoms with Gasteiger partial charge in [-0.1, -0.05) is 37.5 Å². The molecule has 1 aliphatic carbocycles. The number of hydrogen-bond donors (Lipinski definition) is 2. The van der Waals surface area contributed by atoms with Gasteiger partial charge in [0.15, 0.2) is 5.96 Å². The Bertz CT molecular complexity index is 488. The van der Waals surface area contributed by atoms with E-state index in [1.54, 1.807) is 0 Å². The van der Waals surface area contributed by atoms with Gasteiger partial charge in [-0.2, -0.15) is 0 Å². The summed E-state index contributed by atoms with van der Waals surface area (Å²) in [5, 5.41) is 3.33. The van der Waals surface area contributed by atoms with Gasteiger partial charge in [-0.25, -0.2) is 0 Å². The van der Waals surface area contributed by atoms with E-state index in [1.807, 2.05) is 18.2 Å². The number of nitrogens with zero attached hydrogens (tertiary/aromatic N) is 1. The van der Waals surface area contributed by atoms with Crippen LogP contribution in [-0.4, -0.2) is 19.1 Å². The van der Waals surface area contributed by atoms with E-state index in [0.29, 0.717) is 5.96 Å². The summed E-state index contributed by atoms with van der Waals surface area (Å²) in [6.07, 6.45) is 6.23. The normalized spacial score (nSPS) is 21.5. The van der Waals surface area contributed by atoms with E-state index in [9.17, 15) is 0 Å². The molecule has 0 saturated heterocycles. The molecule has 0 radical (unpaired) electrons. The van der Waals surface area contributed by atoms with Crippen molar-refractivity contribution in [2.24, 2.45) is 16.6 Å². The average Bonchev–Trinajstić information content (AvgIpc) is 2.42. The smallest absolute Gasteiger partial charge is 0.189 e. The molecular weight excluding hydrogens is 377 g/mol. The maximum atomic E-state index is 6.01. The van der Waals surface area contributed by atoms with Crippen LogP contribution in [0, 0.1) is 5.92 Å². The largest absolute Gasteiger partial charge is 0.493 e. The summed E-state index contributed by atoms with van der Waals surface area (Å²) in [4.78, 5) is 4.46. The first kappa shape index (κ1) is 16.4. The molecule has 1 atom stereocenters. The van der Waals surface area contributed by atoms with E-state index >= 15 is 0 Å². The number of ether oxygens (including phenoxy) is 1. The molecule has 1 saturated carbocycles. The van der Waals surface area contributed by atoms with Crippen LogP contribution in [0.4, 0.5) is 0 Å². The average molecular weight is 401 g/mol. The van der Waals surface area contributed by atoms with Crippen LogP contribution in [0.5, 0.6) is 5.75 Å². The number of aliphatic imine (C=N–C) groups is 1. The molecular formula is C16H24IN3O. The van der Waals surface area contributed by atoms with Crippen molar-refractivity contribution in [3.05, 3.63) is 29.8 Å². The lowest BCUT2D eigenvalue weighted by Crippen LogP contribution is -2.37. The molecule has 0 spiro atoms. The van der Waals surface area contributed by atoms with Crippen molar-refractivity contribution in [3.8, 4) is 5.75 Å². The number of nitrogens with two attached hydrogens (primary N) is 1. The molecule has 0 bridgehead atoms. The van der Waals surface area contributed by atoms with Crippen molar-refractivity contribution >= 4 is 29.9 Å². The number of rotatable bonds is 4. The number of guanidine groups is 1. The minimum Gasteiger partial charge on any atom is -0.493 e. The molecule has 5 heteroatoms. The van der Waals surface area contributed by atoms with Gasteiger partial charge in [0.25, 0.3) is 0 Å². The number of para-hydroxylation sites is 1. The van der Waals surface area contributed by atoms with Crippen LogP contribution in [-0.2, 0) is 0 Å². The van der Waals surface area contributed by atoms with E-state index < -0.39 is 0 Å². The molecule has 3 rings (SSSR count). The fourth-order valence-corrected chi connectivity index (χ4v) is 2.87. The third kappa shape index (κ3) is 4.25. The highest BCUT2D eigenvalue weighted by Crippen LogP contribution is 2.31. The molecule has 0 amide bonds. The van der Waals surface area contributed by atoms with Crippen molar-refractivity contribution in [1.29, 1.82) is 0 Å². The second kappa shape index (κ2) is 7.87. The molecule has 3 N–H and O–H groups in total. The first-order chi connectivity index (χ1) is 9.83. The van der Waals surface area contributed by atoms with Crippen molar-refractivity contribution in [2.75, 3.05) is 13.2 Å². The monoisotopic (exact) mass is 401 g/mol. The summed E-state index contributed by atoms with van der Waals surface area (Å²) < 4.78 is 5.65. The molecule has 2 aliphatic rings. The van der Waals surface area contributed by atoms with Crippen molar-refractivity contribution in [2.45, 2.75) is 38.1 Å². The zero-order valence-electron chi connectivity index (χ0n) is 12.3. The van der Waals surface area contributed by atoms with Crippen LogP contribution in [0.1, 0.15) is 43.7 Å². The Morgan fingerprint density at radius 2 is 2.10 bits per heavy atom. The second-order valence-corrected chi connectivity index (χ2v) is 5.72. The number of nitrogens with one attached hydrogen (secondary N) is 1. The van der Waals surface area contributed by atoms with Crippen LogP contribution >= 0.6 is 24.0 Å². The molecule has 21 heavy (non-hydrogen) atoms. The summed E-state index contributed by atoms with van der Waals surface area (Å²) in [5.74, 6) is 2.40. The fourth-order valence-electron chi connectivity index (χ4n) is 2.87. The van der Waals surface area contributed by atoms with Gasteiger partial charge in [0, 0.05) is 18.5 Å². The molecule has 1 aromatic carbocycles. The van der Waals surface area contributed by atoms with Crippen LogP contribution in [0.2, 0.25) is 0 Å². The number of benzene rings is 1. The summed E-state index contributed by atoms with van der Waals surface area (Å²) in [6, 6.07) is 8.34. The third-order valence-electron chi connectivity index (χ3n) is 4.32. The van der Waals surface area contributed by atoms with Gasteiger partial charge < -0.3 is 15.8 Å².